The number of hydrogen-bond donors (Lipinski definition) is 3. The molecule has 0 unspecified atom stereocenters. The van der Waals surface area contributed by atoms with Gasteiger partial charge in [0.05, 0.1) is 17.9 Å². The van der Waals surface area contributed by atoms with Crippen LogP contribution >= 0.6 is 0 Å². The highest BCUT2D eigenvalue weighted by Crippen LogP contribution is 2.31. The molecule has 2 aromatic rings. The summed E-state index contributed by atoms with van der Waals surface area (Å²) in [6.07, 6.45) is 1.22. The van der Waals surface area contributed by atoms with Crippen LogP contribution in [0.1, 0.15) is 23.7 Å². The maximum absolute atomic E-state index is 11.3. The number of nitrogens with two attached hydrogens (primary N) is 1. The van der Waals surface area contributed by atoms with Crippen molar-refractivity contribution < 1.29 is 9.32 Å². The number of nitrogens with one attached hydrogen (secondary N) is 2. The third kappa shape index (κ3) is 2.42. The Morgan fingerprint density at radius 1 is 1.45 bits per heavy atom. The molecule has 0 aliphatic carbocycles. The first-order valence-corrected chi connectivity index (χ1v) is 6.37. The molecule has 1 aliphatic rings. The normalized spacial score (nSPS) is 13.8. The Hall–Kier alpha value is -2.57. The average molecular weight is 273 g/mol. The van der Waals surface area contributed by atoms with Crippen LogP contribution in [0.4, 0.5) is 17.1 Å². The van der Waals surface area contributed by atoms with Crippen molar-refractivity contribution >= 4 is 23.0 Å². The van der Waals surface area contributed by atoms with Crippen LogP contribution < -0.4 is 16.4 Å². The van der Waals surface area contributed by atoms with E-state index in [2.05, 4.69) is 20.8 Å². The lowest BCUT2D eigenvalue weighted by atomic mass is 10.0. The number of nitrogen functional groups attached to an aromatic ring is 1. The third-order valence-electron chi connectivity index (χ3n) is 3.18. The lowest BCUT2D eigenvalue weighted by Crippen LogP contribution is -2.19. The second-order valence-electron chi connectivity index (χ2n) is 4.73. The second kappa shape index (κ2) is 4.84. The zero-order valence-corrected chi connectivity index (χ0v) is 11.1. The van der Waals surface area contributed by atoms with Crippen LogP contribution in [0.2, 0.25) is 0 Å². The fourth-order valence-electron chi connectivity index (χ4n) is 2.19. The van der Waals surface area contributed by atoms with Gasteiger partial charge in [-0.3, -0.25) is 4.79 Å². The number of nitrogens with zero attached hydrogens (tertiary/aromatic N) is 2. The van der Waals surface area contributed by atoms with E-state index in [1.165, 1.54) is 0 Å². The molecule has 2 heterocycles. The Labute approximate surface area is 115 Å². The highest BCUT2D eigenvalue weighted by atomic mass is 16.5. The van der Waals surface area contributed by atoms with Gasteiger partial charge in [0.1, 0.15) is 0 Å². The first-order chi connectivity index (χ1) is 9.61. The summed E-state index contributed by atoms with van der Waals surface area (Å²) in [5.74, 6) is 1.13. The van der Waals surface area contributed by atoms with Crippen LogP contribution in [-0.2, 0) is 17.8 Å². The first-order valence-electron chi connectivity index (χ1n) is 6.37. The molecule has 4 N–H and O–H groups in total. The van der Waals surface area contributed by atoms with Crippen LogP contribution in [0, 0.1) is 6.92 Å². The van der Waals surface area contributed by atoms with Gasteiger partial charge in [0.25, 0.3) is 0 Å². The van der Waals surface area contributed by atoms with Crippen LogP contribution in [0.25, 0.3) is 0 Å². The van der Waals surface area contributed by atoms with Crippen molar-refractivity contribution in [1.29, 1.82) is 0 Å². The largest absolute Gasteiger partial charge is 0.397 e. The number of anilines is 3. The molecular formula is C13H15N5O2. The predicted molar refractivity (Wildman–Crippen MR) is 74.2 cm³/mol. The van der Waals surface area contributed by atoms with E-state index in [-0.39, 0.29) is 5.91 Å². The molecule has 7 heteroatoms. The fourth-order valence-corrected chi connectivity index (χ4v) is 2.19. The van der Waals surface area contributed by atoms with E-state index in [9.17, 15) is 4.79 Å². The van der Waals surface area contributed by atoms with E-state index in [1.54, 1.807) is 13.0 Å². The molecule has 7 nitrogen and oxygen atoms in total. The topological polar surface area (TPSA) is 106 Å². The molecule has 0 atom stereocenters. The molecule has 1 amide bonds. The molecule has 104 valence electrons. The molecule has 0 bridgehead atoms. The van der Waals surface area contributed by atoms with Gasteiger partial charge in [0.15, 0.2) is 5.82 Å². The lowest BCUT2D eigenvalue weighted by Gasteiger charge is -2.19. The highest BCUT2D eigenvalue weighted by Gasteiger charge is 2.16. The second-order valence-corrected chi connectivity index (χ2v) is 4.73. The average Bonchev–Trinajstić information content (AvgIpc) is 2.82. The number of amides is 1. The highest BCUT2D eigenvalue weighted by molar-refractivity contribution is 5.95. The van der Waals surface area contributed by atoms with Gasteiger partial charge in [-0.25, -0.2) is 0 Å². The number of rotatable bonds is 3. The van der Waals surface area contributed by atoms with Gasteiger partial charge in [-0.1, -0.05) is 5.16 Å². The predicted octanol–water partition coefficient (Wildman–Crippen LogP) is 1.46. The number of fused-ring (bicyclic) bond motifs is 1. The van der Waals surface area contributed by atoms with Crippen molar-refractivity contribution in [2.24, 2.45) is 0 Å². The Kier molecular flexibility index (Phi) is 3.02. The van der Waals surface area contributed by atoms with Crippen LogP contribution in [0.5, 0.6) is 0 Å². The summed E-state index contributed by atoms with van der Waals surface area (Å²) in [7, 11) is 0. The zero-order valence-electron chi connectivity index (χ0n) is 11.1. The molecule has 1 aromatic carbocycles. The maximum Gasteiger partial charge on any atom is 0.224 e. The van der Waals surface area contributed by atoms with E-state index in [0.29, 0.717) is 30.4 Å². The molecule has 0 radical (unpaired) electrons. The Morgan fingerprint density at radius 3 is 3.05 bits per heavy atom. The summed E-state index contributed by atoms with van der Waals surface area (Å²) in [6.45, 7) is 2.18. The van der Waals surface area contributed by atoms with E-state index >= 15 is 0 Å². The Bertz CT molecular complexity index is 665. The van der Waals surface area contributed by atoms with Crippen molar-refractivity contribution in [3.05, 3.63) is 29.4 Å². The number of aromatic nitrogens is 2. The molecule has 0 spiro atoms. The molecule has 0 fully saturated rings. The zero-order chi connectivity index (χ0) is 14.1. The molecule has 1 aromatic heterocycles. The van der Waals surface area contributed by atoms with Crippen molar-refractivity contribution in [3.63, 3.8) is 0 Å². The minimum atomic E-state index is 0.0277. The van der Waals surface area contributed by atoms with Crippen LogP contribution in [-0.4, -0.2) is 16.0 Å². The lowest BCUT2D eigenvalue weighted by molar-refractivity contribution is -0.116. The summed E-state index contributed by atoms with van der Waals surface area (Å²) in [6, 6.07) is 3.73. The Balaban J connectivity index is 1.78. The van der Waals surface area contributed by atoms with Gasteiger partial charge < -0.3 is 20.9 Å². The van der Waals surface area contributed by atoms with E-state index in [1.807, 2.05) is 6.07 Å². The molecule has 0 saturated carbocycles. The van der Waals surface area contributed by atoms with Crippen LogP contribution in [0.15, 0.2) is 16.7 Å². The molecule has 0 saturated heterocycles. The molecular weight excluding hydrogens is 258 g/mol. The Morgan fingerprint density at radius 2 is 2.30 bits per heavy atom. The molecule has 20 heavy (non-hydrogen) atoms. The van der Waals surface area contributed by atoms with Gasteiger partial charge >= 0.3 is 0 Å². The summed E-state index contributed by atoms with van der Waals surface area (Å²) < 4.78 is 4.91. The standard InChI is InChI=1S/C13H15N5O2/c1-7-16-12(18-20-7)6-15-11-4-8-2-3-13(19)17-10(8)5-9(11)14/h4-5,15H,2-3,6,14H2,1H3,(H,17,19). The number of hydrogen-bond acceptors (Lipinski definition) is 6. The molecule has 3 rings (SSSR count). The first kappa shape index (κ1) is 12.5. The van der Waals surface area contributed by atoms with Gasteiger partial charge in [0, 0.05) is 19.0 Å². The minimum absolute atomic E-state index is 0.0277. The minimum Gasteiger partial charge on any atom is -0.397 e. The van der Waals surface area contributed by atoms with Gasteiger partial charge in [-0.15, -0.1) is 0 Å². The summed E-state index contributed by atoms with van der Waals surface area (Å²) >= 11 is 0. The number of carbonyl (C=O) groups is 1. The van der Waals surface area contributed by atoms with E-state index in [0.717, 1.165) is 23.4 Å². The number of carbonyl (C=O) groups excluding carboxylic acids is 1. The quantitative estimate of drug-likeness (QED) is 0.731. The SMILES string of the molecule is Cc1nc(CNc2cc3c(cc2N)NC(=O)CC3)no1. The van der Waals surface area contributed by atoms with Crippen molar-refractivity contribution in [1.82, 2.24) is 10.1 Å². The third-order valence-corrected chi connectivity index (χ3v) is 3.18. The monoisotopic (exact) mass is 273 g/mol. The van der Waals surface area contributed by atoms with Crippen molar-refractivity contribution in [2.45, 2.75) is 26.3 Å². The van der Waals surface area contributed by atoms with Gasteiger partial charge in [-0.05, 0) is 24.1 Å². The fraction of sp³-hybridized carbons (Fsp3) is 0.308. The number of benzene rings is 1. The number of aryl methyl sites for hydroxylation is 2. The smallest absolute Gasteiger partial charge is 0.224 e. The summed E-state index contributed by atoms with van der Waals surface area (Å²) in [5.41, 5.74) is 9.23. The summed E-state index contributed by atoms with van der Waals surface area (Å²) in [5, 5.41) is 9.81. The van der Waals surface area contributed by atoms with E-state index < -0.39 is 0 Å². The van der Waals surface area contributed by atoms with Gasteiger partial charge in [0.2, 0.25) is 11.8 Å². The summed E-state index contributed by atoms with van der Waals surface area (Å²) in [4.78, 5) is 15.5. The maximum atomic E-state index is 11.3. The molecule has 1 aliphatic heterocycles. The van der Waals surface area contributed by atoms with Crippen LogP contribution in [0.3, 0.4) is 0 Å². The van der Waals surface area contributed by atoms with Crippen molar-refractivity contribution in [3.8, 4) is 0 Å². The van der Waals surface area contributed by atoms with E-state index in [4.69, 9.17) is 10.3 Å². The van der Waals surface area contributed by atoms with Crippen molar-refractivity contribution in [2.75, 3.05) is 16.4 Å². The van der Waals surface area contributed by atoms with Gasteiger partial charge in [-0.2, -0.15) is 4.98 Å².